The Morgan fingerprint density at radius 2 is 2.06 bits per heavy atom. The maximum absolute atomic E-state index is 6.03. The third kappa shape index (κ3) is 3.19. The minimum atomic E-state index is 0.188. The zero-order valence-corrected chi connectivity index (χ0v) is 11.4. The molecule has 0 amide bonds. The molecule has 3 unspecified atom stereocenters. The van der Waals surface area contributed by atoms with E-state index in [1.54, 1.807) is 0 Å². The maximum atomic E-state index is 6.03. The molecule has 0 aromatic carbocycles. The van der Waals surface area contributed by atoms with Gasteiger partial charge in [0.05, 0.1) is 0 Å². The van der Waals surface area contributed by atoms with Gasteiger partial charge in [0.25, 0.3) is 0 Å². The van der Waals surface area contributed by atoms with Crippen molar-refractivity contribution in [1.29, 1.82) is 0 Å². The molecule has 1 fully saturated rings. The lowest BCUT2D eigenvalue weighted by Crippen LogP contribution is -2.60. The van der Waals surface area contributed by atoms with Crippen LogP contribution in [-0.2, 0) is 0 Å². The molecule has 0 saturated heterocycles. The second-order valence-electron chi connectivity index (χ2n) is 5.75. The molecular weight excluding hydrogens is 198 g/mol. The van der Waals surface area contributed by atoms with E-state index in [4.69, 9.17) is 5.73 Å². The molecule has 3 nitrogen and oxygen atoms in total. The van der Waals surface area contributed by atoms with Crippen molar-refractivity contribution >= 4 is 0 Å². The lowest BCUT2D eigenvalue weighted by Gasteiger charge is -2.46. The van der Waals surface area contributed by atoms with E-state index in [0.29, 0.717) is 5.92 Å². The van der Waals surface area contributed by atoms with Gasteiger partial charge in [0.1, 0.15) is 0 Å². The van der Waals surface area contributed by atoms with E-state index in [1.165, 1.54) is 19.3 Å². The summed E-state index contributed by atoms with van der Waals surface area (Å²) < 4.78 is 0. The van der Waals surface area contributed by atoms with Gasteiger partial charge in [-0.1, -0.05) is 26.7 Å². The zero-order valence-electron chi connectivity index (χ0n) is 11.4. The summed E-state index contributed by atoms with van der Waals surface area (Å²) in [5.74, 6) is 1.48. The molecule has 3 N–H and O–H groups in total. The van der Waals surface area contributed by atoms with Crippen molar-refractivity contribution in [2.45, 2.75) is 38.6 Å². The fourth-order valence-corrected chi connectivity index (χ4v) is 2.90. The molecule has 0 radical (unpaired) electrons. The molecule has 1 aliphatic rings. The summed E-state index contributed by atoms with van der Waals surface area (Å²) >= 11 is 0. The molecule has 1 saturated carbocycles. The molecule has 0 heterocycles. The van der Waals surface area contributed by atoms with Crippen LogP contribution >= 0.6 is 0 Å². The first-order chi connectivity index (χ1) is 7.52. The maximum Gasteiger partial charge on any atom is 0.0332 e. The van der Waals surface area contributed by atoms with Crippen LogP contribution in [0.15, 0.2) is 0 Å². The van der Waals surface area contributed by atoms with Crippen molar-refractivity contribution in [3.05, 3.63) is 0 Å². The first-order valence-corrected chi connectivity index (χ1v) is 6.61. The van der Waals surface area contributed by atoms with Crippen LogP contribution in [0.25, 0.3) is 0 Å². The predicted octanol–water partition coefficient (Wildman–Crippen LogP) is 1.29. The first kappa shape index (κ1) is 13.9. The molecule has 96 valence electrons. The normalized spacial score (nSPS) is 35.6. The molecule has 0 aromatic rings. The monoisotopic (exact) mass is 227 g/mol. The lowest BCUT2D eigenvalue weighted by atomic mass is 9.68. The molecule has 1 aliphatic carbocycles. The smallest absolute Gasteiger partial charge is 0.0332 e. The van der Waals surface area contributed by atoms with Gasteiger partial charge in [-0.2, -0.15) is 0 Å². The molecule has 0 aliphatic heterocycles. The summed E-state index contributed by atoms with van der Waals surface area (Å²) in [6.45, 7) is 7.62. The Morgan fingerprint density at radius 1 is 1.38 bits per heavy atom. The van der Waals surface area contributed by atoms with E-state index >= 15 is 0 Å². The van der Waals surface area contributed by atoms with E-state index in [9.17, 15) is 0 Å². The largest absolute Gasteiger partial charge is 0.329 e. The predicted molar refractivity (Wildman–Crippen MR) is 70.5 cm³/mol. The van der Waals surface area contributed by atoms with Crippen molar-refractivity contribution in [2.75, 3.05) is 33.7 Å². The molecular formula is C13H29N3. The Morgan fingerprint density at radius 3 is 2.62 bits per heavy atom. The first-order valence-electron chi connectivity index (χ1n) is 6.61. The SMILES string of the molecule is CC1CCCC(CN)(NCCN(C)C)C1C. The minimum absolute atomic E-state index is 0.188. The van der Waals surface area contributed by atoms with Crippen LogP contribution in [0.1, 0.15) is 33.1 Å². The quantitative estimate of drug-likeness (QED) is 0.744. The Hall–Kier alpha value is -0.120. The van der Waals surface area contributed by atoms with Gasteiger partial charge in [-0.05, 0) is 32.4 Å². The fourth-order valence-electron chi connectivity index (χ4n) is 2.90. The summed E-state index contributed by atoms with van der Waals surface area (Å²) in [6.07, 6.45) is 3.92. The summed E-state index contributed by atoms with van der Waals surface area (Å²) in [5.41, 5.74) is 6.22. The van der Waals surface area contributed by atoms with E-state index in [1.807, 2.05) is 0 Å². The van der Waals surface area contributed by atoms with Gasteiger partial charge < -0.3 is 16.0 Å². The van der Waals surface area contributed by atoms with E-state index in [-0.39, 0.29) is 5.54 Å². The topological polar surface area (TPSA) is 41.3 Å². The van der Waals surface area contributed by atoms with Crippen molar-refractivity contribution in [2.24, 2.45) is 17.6 Å². The summed E-state index contributed by atoms with van der Waals surface area (Å²) in [7, 11) is 4.23. The second kappa shape index (κ2) is 5.99. The summed E-state index contributed by atoms with van der Waals surface area (Å²) in [6, 6.07) is 0. The van der Waals surface area contributed by atoms with Gasteiger partial charge in [0.15, 0.2) is 0 Å². The Kier molecular flexibility index (Phi) is 5.22. The molecule has 3 heteroatoms. The highest BCUT2D eigenvalue weighted by atomic mass is 15.1. The standard InChI is InChI=1S/C13H29N3/c1-11-6-5-7-13(10-14,12(11)2)15-8-9-16(3)4/h11-12,15H,5-10,14H2,1-4H3. The number of hydrogen-bond acceptors (Lipinski definition) is 3. The molecule has 16 heavy (non-hydrogen) atoms. The highest BCUT2D eigenvalue weighted by Crippen LogP contribution is 2.36. The molecule has 0 spiro atoms. The van der Waals surface area contributed by atoms with Crippen LogP contribution in [0, 0.1) is 11.8 Å². The van der Waals surface area contributed by atoms with E-state index in [0.717, 1.165) is 25.6 Å². The second-order valence-corrected chi connectivity index (χ2v) is 5.75. The van der Waals surface area contributed by atoms with Gasteiger partial charge >= 0.3 is 0 Å². The van der Waals surface area contributed by atoms with Crippen LogP contribution in [0.4, 0.5) is 0 Å². The zero-order chi connectivity index (χ0) is 12.2. The van der Waals surface area contributed by atoms with Crippen LogP contribution in [0.2, 0.25) is 0 Å². The number of nitrogens with zero attached hydrogens (tertiary/aromatic N) is 1. The molecule has 0 aromatic heterocycles. The number of nitrogens with two attached hydrogens (primary N) is 1. The fraction of sp³-hybridized carbons (Fsp3) is 1.00. The van der Waals surface area contributed by atoms with Crippen LogP contribution in [-0.4, -0.2) is 44.2 Å². The third-order valence-corrected chi connectivity index (χ3v) is 4.41. The Balaban J connectivity index is 2.54. The highest BCUT2D eigenvalue weighted by molar-refractivity contribution is 4.98. The van der Waals surface area contributed by atoms with Crippen LogP contribution in [0.3, 0.4) is 0 Å². The van der Waals surface area contributed by atoms with Gasteiger partial charge in [0.2, 0.25) is 0 Å². The Bertz CT molecular complexity index is 205. The van der Waals surface area contributed by atoms with Gasteiger partial charge in [-0.15, -0.1) is 0 Å². The van der Waals surface area contributed by atoms with Crippen molar-refractivity contribution in [3.8, 4) is 0 Å². The third-order valence-electron chi connectivity index (χ3n) is 4.41. The minimum Gasteiger partial charge on any atom is -0.329 e. The van der Waals surface area contributed by atoms with Crippen molar-refractivity contribution in [3.63, 3.8) is 0 Å². The van der Waals surface area contributed by atoms with Gasteiger partial charge in [0, 0.05) is 25.2 Å². The summed E-state index contributed by atoms with van der Waals surface area (Å²) in [5, 5.41) is 3.73. The van der Waals surface area contributed by atoms with E-state index < -0.39 is 0 Å². The molecule has 1 rings (SSSR count). The average molecular weight is 227 g/mol. The number of hydrogen-bond donors (Lipinski definition) is 2. The molecule has 0 bridgehead atoms. The van der Waals surface area contributed by atoms with Crippen molar-refractivity contribution in [1.82, 2.24) is 10.2 Å². The lowest BCUT2D eigenvalue weighted by molar-refractivity contribution is 0.110. The Labute approximate surface area is 101 Å². The van der Waals surface area contributed by atoms with Gasteiger partial charge in [-0.3, -0.25) is 0 Å². The summed E-state index contributed by atoms with van der Waals surface area (Å²) in [4.78, 5) is 2.22. The number of nitrogens with one attached hydrogen (secondary N) is 1. The van der Waals surface area contributed by atoms with E-state index in [2.05, 4.69) is 38.2 Å². The van der Waals surface area contributed by atoms with Crippen LogP contribution < -0.4 is 11.1 Å². The van der Waals surface area contributed by atoms with Crippen LogP contribution in [0.5, 0.6) is 0 Å². The van der Waals surface area contributed by atoms with Crippen molar-refractivity contribution < 1.29 is 0 Å². The molecule has 3 atom stereocenters. The number of likely N-dealkylation sites (N-methyl/N-ethyl adjacent to an activating group) is 1. The highest BCUT2D eigenvalue weighted by Gasteiger charge is 2.39. The van der Waals surface area contributed by atoms with Gasteiger partial charge in [-0.25, -0.2) is 0 Å². The average Bonchev–Trinajstić information content (AvgIpc) is 2.24. The number of rotatable bonds is 5.